The van der Waals surface area contributed by atoms with Crippen molar-refractivity contribution < 1.29 is 4.74 Å². The molecule has 8 nitrogen and oxygen atoms in total. The van der Waals surface area contributed by atoms with Gasteiger partial charge in [-0.05, 0) is 71.8 Å². The number of tetrazole rings is 1. The van der Waals surface area contributed by atoms with Gasteiger partial charge < -0.3 is 9.72 Å². The molecule has 1 aliphatic rings. The molecule has 1 fully saturated rings. The van der Waals surface area contributed by atoms with Crippen molar-refractivity contribution in [3.63, 3.8) is 0 Å². The van der Waals surface area contributed by atoms with Crippen LogP contribution in [0.4, 0.5) is 0 Å². The highest BCUT2D eigenvalue weighted by molar-refractivity contribution is 7.09. The van der Waals surface area contributed by atoms with E-state index in [1.807, 2.05) is 29.8 Å². The Kier molecular flexibility index (Phi) is 6.34. The van der Waals surface area contributed by atoms with Crippen LogP contribution in [0.15, 0.2) is 40.5 Å². The number of aryl methyl sites for hydroxylation is 2. The van der Waals surface area contributed by atoms with E-state index in [2.05, 4.69) is 49.8 Å². The second-order valence-corrected chi connectivity index (χ2v) is 9.84. The number of ether oxygens (including phenoxy) is 1. The molecule has 0 radical (unpaired) electrons. The number of hydrogen-bond acceptors (Lipinski definition) is 7. The van der Waals surface area contributed by atoms with Gasteiger partial charge >= 0.3 is 0 Å². The number of pyridine rings is 1. The maximum atomic E-state index is 13.0. The zero-order valence-corrected chi connectivity index (χ0v) is 19.8. The number of H-pyrrole nitrogens is 1. The first-order chi connectivity index (χ1) is 16.0. The molecular weight excluding hydrogens is 436 g/mol. The molecule has 0 unspecified atom stereocenters. The van der Waals surface area contributed by atoms with Crippen molar-refractivity contribution in [3.8, 4) is 0 Å². The normalized spacial score (nSPS) is 16.3. The van der Waals surface area contributed by atoms with Crippen LogP contribution in [-0.4, -0.2) is 42.8 Å². The van der Waals surface area contributed by atoms with Crippen molar-refractivity contribution in [2.75, 3.05) is 6.61 Å². The van der Waals surface area contributed by atoms with Crippen LogP contribution in [0.3, 0.4) is 0 Å². The fraction of sp³-hybridized carbons (Fsp3) is 0.417. The summed E-state index contributed by atoms with van der Waals surface area (Å²) in [6.07, 6.45) is 2.27. The Labute approximate surface area is 196 Å². The molecular formula is C24H28N6O2S. The van der Waals surface area contributed by atoms with Crippen LogP contribution in [-0.2, 0) is 30.9 Å². The highest BCUT2D eigenvalue weighted by Gasteiger charge is 2.21. The second kappa shape index (κ2) is 9.54. The van der Waals surface area contributed by atoms with Gasteiger partial charge in [-0.3, -0.25) is 9.69 Å². The molecule has 3 aromatic heterocycles. The van der Waals surface area contributed by atoms with E-state index in [9.17, 15) is 4.79 Å². The summed E-state index contributed by atoms with van der Waals surface area (Å²) in [6.45, 7) is 7.35. The van der Waals surface area contributed by atoms with E-state index in [0.29, 0.717) is 19.6 Å². The minimum absolute atomic E-state index is 0.0531. The monoisotopic (exact) mass is 464 g/mol. The molecule has 33 heavy (non-hydrogen) atoms. The summed E-state index contributed by atoms with van der Waals surface area (Å²) >= 11 is 1.71. The topological polar surface area (TPSA) is 88.9 Å². The lowest BCUT2D eigenvalue weighted by Gasteiger charge is -2.21. The van der Waals surface area contributed by atoms with Crippen molar-refractivity contribution in [1.82, 2.24) is 30.1 Å². The average molecular weight is 465 g/mol. The minimum Gasteiger partial charge on any atom is -0.376 e. The van der Waals surface area contributed by atoms with Crippen molar-refractivity contribution in [1.29, 1.82) is 0 Å². The fourth-order valence-corrected chi connectivity index (χ4v) is 5.27. The zero-order chi connectivity index (χ0) is 22.8. The Hall–Kier alpha value is -2.88. The third-order valence-electron chi connectivity index (χ3n) is 6.11. The van der Waals surface area contributed by atoms with Crippen molar-refractivity contribution in [2.24, 2.45) is 0 Å². The van der Waals surface area contributed by atoms with E-state index in [4.69, 9.17) is 4.74 Å². The lowest BCUT2D eigenvalue weighted by Crippen LogP contribution is -2.28. The lowest BCUT2D eigenvalue weighted by molar-refractivity contribution is 0.0915. The van der Waals surface area contributed by atoms with Gasteiger partial charge in [-0.2, -0.15) is 0 Å². The molecule has 1 N–H and O–H groups in total. The quantitative estimate of drug-likeness (QED) is 0.429. The van der Waals surface area contributed by atoms with E-state index in [1.54, 1.807) is 11.3 Å². The Morgan fingerprint density at radius 2 is 2.15 bits per heavy atom. The summed E-state index contributed by atoms with van der Waals surface area (Å²) in [6, 6.07) is 10.4. The molecule has 0 spiro atoms. The predicted molar refractivity (Wildman–Crippen MR) is 128 cm³/mol. The van der Waals surface area contributed by atoms with Gasteiger partial charge in [0, 0.05) is 41.0 Å². The van der Waals surface area contributed by atoms with Crippen LogP contribution in [0.2, 0.25) is 0 Å². The molecule has 5 rings (SSSR count). The highest BCUT2D eigenvalue weighted by atomic mass is 32.1. The maximum Gasteiger partial charge on any atom is 0.252 e. The van der Waals surface area contributed by atoms with Gasteiger partial charge in [0.15, 0.2) is 5.82 Å². The minimum atomic E-state index is -0.0531. The van der Waals surface area contributed by atoms with E-state index in [0.717, 1.165) is 59.4 Å². The first kappa shape index (κ1) is 21.9. The summed E-state index contributed by atoms with van der Waals surface area (Å²) in [4.78, 5) is 19.5. The van der Waals surface area contributed by atoms with E-state index < -0.39 is 0 Å². The van der Waals surface area contributed by atoms with Gasteiger partial charge in [-0.25, -0.2) is 4.68 Å². The van der Waals surface area contributed by atoms with Crippen molar-refractivity contribution in [3.05, 3.63) is 73.5 Å². The molecule has 0 aliphatic carbocycles. The molecule has 4 aromatic rings. The zero-order valence-electron chi connectivity index (χ0n) is 19.0. The van der Waals surface area contributed by atoms with Crippen LogP contribution < -0.4 is 5.56 Å². The Morgan fingerprint density at radius 3 is 2.94 bits per heavy atom. The first-order valence-corrected chi connectivity index (χ1v) is 12.2. The van der Waals surface area contributed by atoms with Crippen LogP contribution in [0.5, 0.6) is 0 Å². The van der Waals surface area contributed by atoms with E-state index in [-0.39, 0.29) is 11.7 Å². The van der Waals surface area contributed by atoms with E-state index in [1.165, 1.54) is 4.88 Å². The molecule has 0 bridgehead atoms. The second-order valence-electron chi connectivity index (χ2n) is 8.80. The first-order valence-electron chi connectivity index (χ1n) is 11.3. The van der Waals surface area contributed by atoms with Gasteiger partial charge in [0.2, 0.25) is 0 Å². The van der Waals surface area contributed by atoms with Crippen LogP contribution in [0.1, 0.15) is 40.2 Å². The number of fused-ring (bicyclic) bond motifs is 1. The number of hydrogen-bond donors (Lipinski definition) is 1. The summed E-state index contributed by atoms with van der Waals surface area (Å²) < 4.78 is 7.61. The number of nitrogens with zero attached hydrogens (tertiary/aromatic N) is 5. The SMILES string of the molecule is Cc1cc(C)c2cc(CN(Cc3cccs3)Cc3nnnn3C[C@@H]3CCCO3)c(=O)[nH]c2c1. The maximum absolute atomic E-state index is 13.0. The summed E-state index contributed by atoms with van der Waals surface area (Å²) in [5.74, 6) is 0.783. The standard InChI is InChI=1S/C24H28N6O2S/c1-16-9-17(2)21-11-18(24(31)25-22(21)10-16)12-29(14-20-6-4-8-33-20)15-23-26-27-28-30(23)13-19-5-3-7-32-19/h4,6,8-11,19H,3,5,7,12-15H2,1-2H3,(H,25,31)/t19-/m0/s1. The van der Waals surface area contributed by atoms with Gasteiger partial charge in [-0.1, -0.05) is 12.1 Å². The number of aromatic nitrogens is 5. The Balaban J connectivity index is 1.42. The predicted octanol–water partition coefficient (Wildman–Crippen LogP) is 3.57. The number of thiophene rings is 1. The number of rotatable bonds is 8. The molecule has 0 amide bonds. The molecule has 1 aromatic carbocycles. The van der Waals surface area contributed by atoms with E-state index >= 15 is 0 Å². The van der Waals surface area contributed by atoms with Gasteiger partial charge in [0.1, 0.15) is 0 Å². The number of nitrogens with one attached hydrogen (secondary N) is 1. The molecule has 172 valence electrons. The summed E-state index contributed by atoms with van der Waals surface area (Å²) in [5.41, 5.74) is 3.87. The van der Waals surface area contributed by atoms with Gasteiger partial charge in [0.25, 0.3) is 5.56 Å². The Bertz CT molecular complexity index is 1290. The molecule has 1 saturated heterocycles. The average Bonchev–Trinajstić information content (AvgIpc) is 3.54. The van der Waals surface area contributed by atoms with Crippen LogP contribution in [0, 0.1) is 13.8 Å². The summed E-state index contributed by atoms with van der Waals surface area (Å²) in [7, 11) is 0. The third-order valence-corrected chi connectivity index (χ3v) is 6.98. The van der Waals surface area contributed by atoms with Crippen molar-refractivity contribution >= 4 is 22.2 Å². The molecule has 0 saturated carbocycles. The molecule has 9 heteroatoms. The smallest absolute Gasteiger partial charge is 0.252 e. The van der Waals surface area contributed by atoms with Crippen molar-refractivity contribution in [2.45, 2.75) is 59.0 Å². The van der Waals surface area contributed by atoms with Crippen LogP contribution >= 0.6 is 11.3 Å². The third kappa shape index (κ3) is 5.05. The fourth-order valence-electron chi connectivity index (χ4n) is 4.52. The lowest BCUT2D eigenvalue weighted by atomic mass is 10.0. The number of aromatic amines is 1. The van der Waals surface area contributed by atoms with Gasteiger partial charge in [0.05, 0.1) is 19.2 Å². The summed E-state index contributed by atoms with van der Waals surface area (Å²) in [5, 5.41) is 15.6. The Morgan fingerprint density at radius 1 is 1.24 bits per heavy atom. The highest BCUT2D eigenvalue weighted by Crippen LogP contribution is 2.21. The molecule has 4 heterocycles. The molecule has 1 atom stereocenters. The van der Waals surface area contributed by atoms with Crippen LogP contribution in [0.25, 0.3) is 10.9 Å². The number of benzene rings is 1. The largest absolute Gasteiger partial charge is 0.376 e. The molecule has 1 aliphatic heterocycles. The van der Waals surface area contributed by atoms with Gasteiger partial charge in [-0.15, -0.1) is 16.4 Å².